The van der Waals surface area contributed by atoms with Crippen molar-refractivity contribution in [3.05, 3.63) is 62.4 Å². The molecule has 5 rings (SSSR count). The van der Waals surface area contributed by atoms with Crippen molar-refractivity contribution >= 4 is 39.2 Å². The molecule has 2 aromatic carbocycles. The van der Waals surface area contributed by atoms with Gasteiger partial charge in [-0.05, 0) is 84.7 Å². The number of H-pyrrole nitrogens is 1. The molecule has 11 heteroatoms. The highest BCUT2D eigenvalue weighted by Gasteiger charge is 2.43. The Kier molecular flexibility index (Phi) is 7.89. The monoisotopic (exact) mass is 650 g/mol. The topological polar surface area (TPSA) is 34.3 Å². The van der Waals surface area contributed by atoms with Gasteiger partial charge in [0, 0.05) is 63.1 Å². The van der Waals surface area contributed by atoms with E-state index in [0.717, 1.165) is 37.9 Å². The molecule has 38 heavy (non-hydrogen) atoms. The van der Waals surface area contributed by atoms with Crippen LogP contribution in [0.2, 0.25) is 0 Å². The highest BCUT2D eigenvalue weighted by Crippen LogP contribution is 2.44. The van der Waals surface area contributed by atoms with Crippen LogP contribution in [0, 0.1) is 15.2 Å². The smallest absolute Gasteiger partial charge is 0.381 e. The number of halogens is 7. The van der Waals surface area contributed by atoms with Gasteiger partial charge in [0.15, 0.2) is 0 Å². The van der Waals surface area contributed by atoms with Crippen LogP contribution in [0.15, 0.2) is 30.3 Å². The second-order valence-electron chi connectivity index (χ2n) is 10.3. The predicted octanol–water partition coefficient (Wildman–Crippen LogP) is 6.79. The summed E-state index contributed by atoms with van der Waals surface area (Å²) in [6.45, 7) is 1.98. The summed E-state index contributed by atoms with van der Waals surface area (Å²) in [6.07, 6.45) is -3.04. The van der Waals surface area contributed by atoms with Gasteiger partial charge in [0.25, 0.3) is 0 Å². The molecule has 206 valence electrons. The first-order valence-corrected chi connectivity index (χ1v) is 13.8. The van der Waals surface area contributed by atoms with Gasteiger partial charge >= 0.3 is 6.18 Å². The Morgan fingerprint density at radius 2 is 1.87 bits per heavy atom. The highest BCUT2D eigenvalue weighted by molar-refractivity contribution is 14.1. The van der Waals surface area contributed by atoms with E-state index >= 15 is 8.78 Å². The molecule has 2 N–H and O–H groups in total. The van der Waals surface area contributed by atoms with E-state index in [9.17, 15) is 17.6 Å². The van der Waals surface area contributed by atoms with Gasteiger partial charge in [0.05, 0.1) is 19.3 Å². The van der Waals surface area contributed by atoms with Gasteiger partial charge in [-0.25, -0.2) is 8.78 Å². The van der Waals surface area contributed by atoms with Crippen molar-refractivity contribution in [1.82, 2.24) is 14.8 Å². The number of fused-ring (bicyclic) bond motifs is 3. The minimum Gasteiger partial charge on any atom is -0.381 e. The lowest BCUT2D eigenvalue weighted by molar-refractivity contribution is -0.155. The number of aromatic amines is 1. The molecule has 3 aromatic rings. The molecular weight excluding hydrogens is 621 g/mol. The Balaban J connectivity index is 1.52. The van der Waals surface area contributed by atoms with E-state index in [4.69, 9.17) is 0 Å². The maximum absolute atomic E-state index is 15.7. The van der Waals surface area contributed by atoms with E-state index < -0.39 is 48.7 Å². The van der Waals surface area contributed by atoms with Crippen LogP contribution in [0.3, 0.4) is 0 Å². The zero-order valence-electron chi connectivity index (χ0n) is 20.8. The quantitative estimate of drug-likeness (QED) is 0.218. The average molecular weight is 650 g/mol. The molecule has 3 heterocycles. The largest absolute Gasteiger partial charge is 0.401 e. The molecule has 2 aliphatic heterocycles. The second-order valence-corrected chi connectivity index (χ2v) is 11.5. The van der Waals surface area contributed by atoms with Gasteiger partial charge in [-0.15, -0.1) is 0 Å². The number of rotatable bonds is 7. The van der Waals surface area contributed by atoms with Crippen LogP contribution >= 0.6 is 22.6 Å². The molecule has 0 bridgehead atoms. The Labute approximate surface area is 230 Å². The molecule has 0 amide bonds. The highest BCUT2D eigenvalue weighted by atomic mass is 127. The van der Waals surface area contributed by atoms with Crippen LogP contribution < -0.4 is 5.32 Å². The minimum atomic E-state index is -4.55. The van der Waals surface area contributed by atoms with Crippen molar-refractivity contribution in [3.63, 3.8) is 0 Å². The summed E-state index contributed by atoms with van der Waals surface area (Å²) in [6, 6.07) is 6.06. The molecule has 0 saturated carbocycles. The SMILES string of the molecule is C[C@@H]1Cc2c([nH]c3ccc(I)cc23)[C@@H](c2c(F)cc(N[C@H]3CCN(CCCF)C3)cc2F)N1CC(F)(F)F. The maximum atomic E-state index is 15.7. The van der Waals surface area contributed by atoms with Gasteiger partial charge in [0.1, 0.15) is 11.6 Å². The molecule has 1 fully saturated rings. The molecule has 2 aliphatic rings. The third-order valence-corrected chi connectivity index (χ3v) is 8.21. The summed E-state index contributed by atoms with van der Waals surface area (Å²) < 4.78 is 85.8. The van der Waals surface area contributed by atoms with Crippen molar-refractivity contribution in [3.8, 4) is 0 Å². The number of nitrogens with zero attached hydrogens (tertiary/aromatic N) is 2. The fourth-order valence-electron chi connectivity index (χ4n) is 5.89. The van der Waals surface area contributed by atoms with Gasteiger partial charge in [-0.2, -0.15) is 13.2 Å². The molecule has 0 radical (unpaired) electrons. The Bertz CT molecular complexity index is 1290. The van der Waals surface area contributed by atoms with Crippen molar-refractivity contribution in [2.45, 2.75) is 50.5 Å². The van der Waals surface area contributed by atoms with E-state index in [1.54, 1.807) is 6.92 Å². The first-order valence-electron chi connectivity index (χ1n) is 12.7. The van der Waals surface area contributed by atoms with E-state index in [1.165, 1.54) is 12.1 Å². The van der Waals surface area contributed by atoms with E-state index in [2.05, 4.69) is 37.8 Å². The molecule has 1 aromatic heterocycles. The van der Waals surface area contributed by atoms with Gasteiger partial charge in [-0.3, -0.25) is 9.29 Å². The summed E-state index contributed by atoms with van der Waals surface area (Å²) in [7, 11) is 0. The molecule has 3 atom stereocenters. The molecule has 0 unspecified atom stereocenters. The Hall–Kier alpha value is -1.99. The van der Waals surface area contributed by atoms with E-state index in [0.29, 0.717) is 31.6 Å². The average Bonchev–Trinajstić information content (AvgIpc) is 3.42. The fraction of sp³-hybridized carbons (Fsp3) is 0.481. The van der Waals surface area contributed by atoms with Crippen molar-refractivity contribution in [2.24, 2.45) is 0 Å². The van der Waals surface area contributed by atoms with Gasteiger partial charge < -0.3 is 15.2 Å². The van der Waals surface area contributed by atoms with Gasteiger partial charge in [0.2, 0.25) is 0 Å². The zero-order valence-corrected chi connectivity index (χ0v) is 23.0. The summed E-state index contributed by atoms with van der Waals surface area (Å²) in [5, 5.41) is 4.00. The fourth-order valence-corrected chi connectivity index (χ4v) is 6.38. The minimum absolute atomic E-state index is 0.0570. The van der Waals surface area contributed by atoms with Crippen LogP contribution in [-0.4, -0.2) is 65.9 Å². The third kappa shape index (κ3) is 5.65. The second kappa shape index (κ2) is 10.9. The number of hydrogen-bond donors (Lipinski definition) is 2. The summed E-state index contributed by atoms with van der Waals surface area (Å²) in [4.78, 5) is 6.41. The van der Waals surface area contributed by atoms with Crippen molar-refractivity contribution < 1.29 is 26.3 Å². The maximum Gasteiger partial charge on any atom is 0.401 e. The van der Waals surface area contributed by atoms with Gasteiger partial charge in [-0.1, -0.05) is 0 Å². The number of aromatic nitrogens is 1. The summed E-state index contributed by atoms with van der Waals surface area (Å²) in [5.74, 6) is -1.80. The number of benzene rings is 2. The van der Waals surface area contributed by atoms with Crippen molar-refractivity contribution in [2.75, 3.05) is 38.2 Å². The number of anilines is 1. The van der Waals surface area contributed by atoms with Crippen LogP contribution in [-0.2, 0) is 6.42 Å². The molecule has 4 nitrogen and oxygen atoms in total. The molecule has 0 spiro atoms. The van der Waals surface area contributed by atoms with Crippen LogP contribution in [0.1, 0.15) is 42.6 Å². The first-order chi connectivity index (χ1) is 18.0. The number of likely N-dealkylation sites (tertiary alicyclic amines) is 1. The standard InChI is InChI=1S/C27H29F6IN4/c1-15-9-20-19-10-16(34)3-4-23(19)36-25(20)26(38(15)14-27(31,32)33)24-21(29)11-18(12-22(24)30)35-17-5-8-37(13-17)7-2-6-28/h3-4,10-12,15,17,26,35-36H,2,5-9,13-14H2,1H3/t15-,17+,26-/m1/s1. The Morgan fingerprint density at radius 3 is 2.55 bits per heavy atom. The van der Waals surface area contributed by atoms with E-state index in [-0.39, 0.29) is 11.7 Å². The summed E-state index contributed by atoms with van der Waals surface area (Å²) in [5.41, 5.74) is 1.74. The zero-order chi connectivity index (χ0) is 27.2. The van der Waals surface area contributed by atoms with Crippen molar-refractivity contribution in [1.29, 1.82) is 0 Å². The predicted molar refractivity (Wildman–Crippen MR) is 144 cm³/mol. The lowest BCUT2D eigenvalue weighted by atomic mass is 9.88. The first kappa shape index (κ1) is 27.6. The normalized spacial score (nSPS) is 22.8. The summed E-state index contributed by atoms with van der Waals surface area (Å²) >= 11 is 2.17. The van der Waals surface area contributed by atoms with Crippen LogP contribution in [0.5, 0.6) is 0 Å². The van der Waals surface area contributed by atoms with E-state index in [1.807, 2.05) is 18.2 Å². The lowest BCUT2D eigenvalue weighted by Gasteiger charge is -2.41. The number of hydrogen-bond acceptors (Lipinski definition) is 3. The van der Waals surface area contributed by atoms with Crippen LogP contribution in [0.4, 0.5) is 32.0 Å². The third-order valence-electron chi connectivity index (χ3n) is 7.54. The molecular formula is C27H29F6IN4. The number of nitrogens with one attached hydrogen (secondary N) is 2. The number of alkyl halides is 4. The molecule has 1 saturated heterocycles. The lowest BCUT2D eigenvalue weighted by Crippen LogP contribution is -2.47. The Morgan fingerprint density at radius 1 is 1.13 bits per heavy atom. The van der Waals surface area contributed by atoms with Crippen LogP contribution in [0.25, 0.3) is 10.9 Å². The molecule has 0 aliphatic carbocycles.